The van der Waals surface area contributed by atoms with Gasteiger partial charge in [-0.15, -0.1) is 0 Å². The lowest BCUT2D eigenvalue weighted by atomic mass is 10.4. The summed E-state index contributed by atoms with van der Waals surface area (Å²) in [6, 6.07) is 0. The molecule has 1 aliphatic heterocycles. The first-order valence-corrected chi connectivity index (χ1v) is 2.66. The lowest BCUT2D eigenvalue weighted by Crippen LogP contribution is -2.32. The fourth-order valence-corrected chi connectivity index (χ4v) is 0.571. The third kappa shape index (κ3) is 0.937. The molecule has 1 rings (SSSR count). The van der Waals surface area contributed by atoms with Crippen molar-refractivity contribution >= 4 is 5.84 Å². The second-order valence-corrected chi connectivity index (χ2v) is 1.87. The van der Waals surface area contributed by atoms with Gasteiger partial charge in [0.2, 0.25) is 0 Å². The van der Waals surface area contributed by atoms with Crippen molar-refractivity contribution < 1.29 is 0 Å². The van der Waals surface area contributed by atoms with Crippen LogP contribution in [0, 0.1) is 5.41 Å². The van der Waals surface area contributed by atoms with Crippen molar-refractivity contribution in [1.29, 1.82) is 5.41 Å². The van der Waals surface area contributed by atoms with E-state index < -0.39 is 0 Å². The van der Waals surface area contributed by atoms with Crippen LogP contribution in [0.15, 0.2) is 24.7 Å². The summed E-state index contributed by atoms with van der Waals surface area (Å²) in [6.45, 7) is 3.67. The van der Waals surface area contributed by atoms with Gasteiger partial charge in [-0.2, -0.15) is 0 Å². The highest BCUT2D eigenvalue weighted by Crippen LogP contribution is 2.00. The van der Waals surface area contributed by atoms with Crippen molar-refractivity contribution in [2.45, 2.75) is 0 Å². The fraction of sp³-hybridized carbons (Fsp3) is 0.167. The van der Waals surface area contributed by atoms with Gasteiger partial charge in [-0.25, -0.2) is 0 Å². The third-order valence-corrected chi connectivity index (χ3v) is 1.26. The largest absolute Gasteiger partial charge is 0.348 e. The summed E-state index contributed by atoms with van der Waals surface area (Å²) in [5.41, 5.74) is 0. The topological polar surface area (TPSA) is 39.1 Å². The van der Waals surface area contributed by atoms with E-state index in [1.165, 1.54) is 0 Å². The minimum absolute atomic E-state index is 0.457. The minimum Gasteiger partial charge on any atom is -0.348 e. The Morgan fingerprint density at radius 1 is 1.78 bits per heavy atom. The van der Waals surface area contributed by atoms with Crippen LogP contribution >= 0.6 is 0 Å². The van der Waals surface area contributed by atoms with Gasteiger partial charge in [-0.05, 0) is 6.08 Å². The molecule has 0 saturated heterocycles. The molecule has 0 radical (unpaired) electrons. The van der Waals surface area contributed by atoms with Gasteiger partial charge in [0.1, 0.15) is 11.7 Å². The van der Waals surface area contributed by atoms with Gasteiger partial charge in [0.15, 0.2) is 0 Å². The first-order chi connectivity index (χ1) is 4.22. The fourth-order valence-electron chi connectivity index (χ4n) is 0.571. The van der Waals surface area contributed by atoms with Crippen LogP contribution in [-0.2, 0) is 0 Å². The van der Waals surface area contributed by atoms with Crippen molar-refractivity contribution in [3.63, 3.8) is 0 Å². The van der Waals surface area contributed by atoms with Crippen molar-refractivity contribution in [1.82, 2.24) is 10.2 Å². The molecule has 1 heterocycles. The lowest BCUT2D eigenvalue weighted by molar-refractivity contribution is 0.576. The molecule has 3 heteroatoms. The summed E-state index contributed by atoms with van der Waals surface area (Å²) in [4.78, 5) is 1.67. The first-order valence-electron chi connectivity index (χ1n) is 2.66. The Balaban J connectivity index is 2.81. The molecular weight excluding hydrogens is 114 g/mol. The van der Waals surface area contributed by atoms with Crippen LogP contribution in [0.5, 0.6) is 0 Å². The Morgan fingerprint density at radius 3 is 2.89 bits per heavy atom. The van der Waals surface area contributed by atoms with E-state index >= 15 is 0 Å². The molecule has 48 valence electrons. The Morgan fingerprint density at radius 2 is 2.44 bits per heavy atom. The quantitative estimate of drug-likeness (QED) is 0.492. The van der Waals surface area contributed by atoms with Crippen molar-refractivity contribution in [2.75, 3.05) is 7.05 Å². The molecular formula is C6H9N3. The second-order valence-electron chi connectivity index (χ2n) is 1.87. The van der Waals surface area contributed by atoms with Gasteiger partial charge in [-0.1, -0.05) is 6.58 Å². The maximum atomic E-state index is 7.26. The van der Waals surface area contributed by atoms with Gasteiger partial charge in [0.25, 0.3) is 0 Å². The highest BCUT2D eigenvalue weighted by atomic mass is 15.3. The molecule has 0 spiro atoms. The average molecular weight is 123 g/mol. The van der Waals surface area contributed by atoms with Gasteiger partial charge >= 0.3 is 0 Å². The number of nitrogens with one attached hydrogen (secondary N) is 2. The first kappa shape index (κ1) is 5.88. The maximum absolute atomic E-state index is 7.26. The molecule has 0 atom stereocenters. The predicted molar refractivity (Wildman–Crippen MR) is 36.9 cm³/mol. The molecule has 0 amide bonds. The average Bonchev–Trinajstić information content (AvgIpc) is 1.83. The molecule has 3 nitrogen and oxygen atoms in total. The van der Waals surface area contributed by atoms with Crippen molar-refractivity contribution in [3.05, 3.63) is 24.7 Å². The van der Waals surface area contributed by atoms with Crippen LogP contribution in [0.4, 0.5) is 0 Å². The Bertz CT molecular complexity index is 181. The zero-order valence-electron chi connectivity index (χ0n) is 5.31. The third-order valence-electron chi connectivity index (χ3n) is 1.26. The summed E-state index contributed by atoms with van der Waals surface area (Å²) in [7, 11) is 1.79. The molecule has 2 N–H and O–H groups in total. The van der Waals surface area contributed by atoms with Crippen molar-refractivity contribution in [2.24, 2.45) is 0 Å². The van der Waals surface area contributed by atoms with E-state index in [4.69, 9.17) is 5.41 Å². The number of rotatable bonds is 0. The van der Waals surface area contributed by atoms with E-state index in [0.717, 1.165) is 5.82 Å². The monoisotopic (exact) mass is 123 g/mol. The maximum Gasteiger partial charge on any atom is 0.127 e. The number of hydrogen-bond donors (Lipinski definition) is 2. The molecule has 9 heavy (non-hydrogen) atoms. The lowest BCUT2D eigenvalue weighted by Gasteiger charge is -2.23. The van der Waals surface area contributed by atoms with Gasteiger partial charge in [0.05, 0.1) is 0 Å². The van der Waals surface area contributed by atoms with E-state index in [1.54, 1.807) is 24.2 Å². The number of hydrogen-bond acceptors (Lipinski definition) is 2. The molecule has 0 aliphatic carbocycles. The van der Waals surface area contributed by atoms with E-state index in [9.17, 15) is 0 Å². The number of nitrogens with zero attached hydrogens (tertiary/aromatic N) is 1. The van der Waals surface area contributed by atoms with E-state index in [1.807, 2.05) is 0 Å². The summed E-state index contributed by atoms with van der Waals surface area (Å²) in [5, 5.41) is 10.1. The Kier molecular flexibility index (Phi) is 1.26. The highest BCUT2D eigenvalue weighted by Gasteiger charge is 2.06. The minimum atomic E-state index is 0.457. The van der Waals surface area contributed by atoms with E-state index in [2.05, 4.69) is 11.9 Å². The molecule has 0 aromatic rings. The molecule has 0 aromatic carbocycles. The molecule has 0 fully saturated rings. The molecule has 0 saturated carbocycles. The summed E-state index contributed by atoms with van der Waals surface area (Å²) < 4.78 is 0. The van der Waals surface area contributed by atoms with Crippen LogP contribution in [0.25, 0.3) is 0 Å². The van der Waals surface area contributed by atoms with E-state index in [0.29, 0.717) is 5.84 Å². The summed E-state index contributed by atoms with van der Waals surface area (Å²) in [5.74, 6) is 1.20. The number of likely N-dealkylation sites (N-methyl/N-ethyl adjacent to an activating group) is 1. The van der Waals surface area contributed by atoms with E-state index in [-0.39, 0.29) is 0 Å². The Labute approximate surface area is 54.2 Å². The van der Waals surface area contributed by atoms with Crippen LogP contribution in [-0.4, -0.2) is 17.8 Å². The molecule has 0 unspecified atom stereocenters. The number of amidine groups is 1. The van der Waals surface area contributed by atoms with Crippen molar-refractivity contribution in [3.8, 4) is 0 Å². The standard InChI is InChI=1S/C6H9N3/c1-5-8-4-3-6(7)9(5)2/h3-4,7-8H,1H2,2H3. The Hall–Kier alpha value is -1.25. The zero-order valence-corrected chi connectivity index (χ0v) is 5.31. The van der Waals surface area contributed by atoms with Crippen LogP contribution in [0.3, 0.4) is 0 Å². The molecule has 1 aliphatic rings. The second kappa shape index (κ2) is 1.93. The predicted octanol–water partition coefficient (Wildman–Crippen LogP) is 0.484. The van der Waals surface area contributed by atoms with Crippen LogP contribution in [0.1, 0.15) is 0 Å². The highest BCUT2D eigenvalue weighted by molar-refractivity contribution is 5.92. The molecule has 0 aromatic heterocycles. The van der Waals surface area contributed by atoms with Crippen LogP contribution in [0.2, 0.25) is 0 Å². The van der Waals surface area contributed by atoms with Gasteiger partial charge in [0, 0.05) is 13.2 Å². The molecule has 0 bridgehead atoms. The normalized spacial score (nSPS) is 18.1. The van der Waals surface area contributed by atoms with Gasteiger partial charge < -0.3 is 10.2 Å². The van der Waals surface area contributed by atoms with Crippen LogP contribution < -0.4 is 5.32 Å². The van der Waals surface area contributed by atoms with Gasteiger partial charge in [-0.3, -0.25) is 5.41 Å². The summed E-state index contributed by atoms with van der Waals surface area (Å²) >= 11 is 0. The zero-order chi connectivity index (χ0) is 6.85. The SMILES string of the molecule is C=C1NC=CC(=N)N1C. The summed E-state index contributed by atoms with van der Waals surface area (Å²) in [6.07, 6.45) is 3.37. The smallest absolute Gasteiger partial charge is 0.127 e.